The number of ether oxygens (including phenoxy) is 9. The lowest BCUT2D eigenvalue weighted by Crippen LogP contribution is -2.09. The van der Waals surface area contributed by atoms with Crippen LogP contribution in [0, 0.1) is 0 Å². The summed E-state index contributed by atoms with van der Waals surface area (Å²) in [5.41, 5.74) is 1.04. The van der Waals surface area contributed by atoms with E-state index < -0.39 is 0 Å². The first-order chi connectivity index (χ1) is 16.6. The van der Waals surface area contributed by atoms with E-state index in [-0.39, 0.29) is 50.2 Å². The second-order valence-electron chi connectivity index (χ2n) is 6.61. The first kappa shape index (κ1) is 26.9. The molecule has 186 valence electrons. The van der Waals surface area contributed by atoms with Gasteiger partial charge in [-0.25, -0.2) is 0 Å². The zero-order chi connectivity index (χ0) is 24.8. The molecule has 2 aromatic rings. The van der Waals surface area contributed by atoms with E-state index in [0.29, 0.717) is 17.1 Å². The third-order valence-corrected chi connectivity index (χ3v) is 4.24. The molecule has 2 aromatic carbocycles. The highest BCUT2D eigenvalue weighted by atomic mass is 16.7. The van der Waals surface area contributed by atoms with Crippen molar-refractivity contribution < 1.29 is 47.4 Å². The average Bonchev–Trinajstić information content (AvgIpc) is 2.86. The number of rotatable bonds is 16. The maximum Gasteiger partial charge on any atom is 0.206 e. The van der Waals surface area contributed by atoms with Gasteiger partial charge in [0.2, 0.25) is 5.75 Å². The average molecular weight is 478 g/mol. The molecule has 0 aliphatic carbocycles. The van der Waals surface area contributed by atoms with Crippen LogP contribution in [-0.2, 0) is 18.9 Å². The van der Waals surface area contributed by atoms with E-state index in [1.165, 1.54) is 46.6 Å². The second kappa shape index (κ2) is 14.8. The van der Waals surface area contributed by atoms with Crippen molar-refractivity contribution in [3.8, 4) is 28.7 Å². The van der Waals surface area contributed by atoms with Crippen molar-refractivity contribution in [3.05, 3.63) is 47.5 Å². The molecule has 0 saturated carbocycles. The normalized spacial score (nSPS) is 10.9. The molecule has 0 unspecified atom stereocenters. The van der Waals surface area contributed by atoms with Crippen molar-refractivity contribution >= 4 is 11.9 Å². The molecule has 2 rings (SSSR count). The van der Waals surface area contributed by atoms with Gasteiger partial charge in [0, 0.05) is 34.0 Å². The number of carbonyl (C=O) groups excluding carboxylic acids is 1. The van der Waals surface area contributed by atoms with Crippen LogP contribution in [0.2, 0.25) is 0 Å². The third kappa shape index (κ3) is 7.92. The van der Waals surface area contributed by atoms with E-state index in [1.54, 1.807) is 31.4 Å². The largest absolute Gasteiger partial charge is 0.493 e. The number of hydrogen-bond acceptors (Lipinski definition) is 10. The molecule has 0 bridgehead atoms. The highest BCUT2D eigenvalue weighted by molar-refractivity contribution is 6.07. The van der Waals surface area contributed by atoms with Gasteiger partial charge in [0.1, 0.15) is 0 Å². The Morgan fingerprint density at radius 2 is 1.21 bits per heavy atom. The summed E-state index contributed by atoms with van der Waals surface area (Å²) in [7, 11) is 7.51. The fourth-order valence-corrected chi connectivity index (χ4v) is 2.74. The van der Waals surface area contributed by atoms with Gasteiger partial charge in [0.05, 0.1) is 7.11 Å². The van der Waals surface area contributed by atoms with Crippen LogP contribution in [0.4, 0.5) is 0 Å². The van der Waals surface area contributed by atoms with Gasteiger partial charge in [-0.2, -0.15) is 0 Å². The van der Waals surface area contributed by atoms with Crippen molar-refractivity contribution in [2.75, 3.05) is 62.7 Å². The summed E-state index contributed by atoms with van der Waals surface area (Å²) in [6, 6.07) is 8.35. The fraction of sp³-hybridized carbons (Fsp3) is 0.375. The van der Waals surface area contributed by atoms with Crippen molar-refractivity contribution in [3.63, 3.8) is 0 Å². The Hall–Kier alpha value is -3.31. The van der Waals surface area contributed by atoms with Crippen LogP contribution in [0.5, 0.6) is 28.7 Å². The van der Waals surface area contributed by atoms with Crippen LogP contribution in [0.3, 0.4) is 0 Å². The lowest BCUT2D eigenvalue weighted by Gasteiger charge is -2.17. The standard InChI is InChI=1S/C24H30O10/c1-26-13-31-21-10-17(7-9-20(21)30-5)6-8-19(25)18-11-22(32-14-27-2)24(34-16-29-4)23(12-18)33-15-28-3/h6-12H,13-16H2,1-5H3/b8-6+. The highest BCUT2D eigenvalue weighted by Crippen LogP contribution is 2.39. The lowest BCUT2D eigenvalue weighted by molar-refractivity contribution is 0.0217. The van der Waals surface area contributed by atoms with E-state index in [9.17, 15) is 4.79 Å². The number of hydrogen-bond donors (Lipinski definition) is 0. The monoisotopic (exact) mass is 478 g/mol. The van der Waals surface area contributed by atoms with Crippen molar-refractivity contribution in [1.29, 1.82) is 0 Å². The summed E-state index contributed by atoms with van der Waals surface area (Å²) >= 11 is 0. The van der Waals surface area contributed by atoms with E-state index in [2.05, 4.69) is 0 Å². The molecule has 10 heteroatoms. The molecule has 10 nitrogen and oxygen atoms in total. The van der Waals surface area contributed by atoms with Crippen molar-refractivity contribution in [2.45, 2.75) is 0 Å². The summed E-state index contributed by atoms with van der Waals surface area (Å²) in [5, 5.41) is 0. The van der Waals surface area contributed by atoms with Crippen LogP contribution in [0.25, 0.3) is 6.08 Å². The number of benzene rings is 2. The van der Waals surface area contributed by atoms with Gasteiger partial charge in [-0.05, 0) is 35.9 Å². The summed E-state index contributed by atoms with van der Waals surface area (Å²) in [5.74, 6) is 1.51. The smallest absolute Gasteiger partial charge is 0.206 e. The highest BCUT2D eigenvalue weighted by Gasteiger charge is 2.18. The molecule has 0 aliphatic rings. The fourth-order valence-electron chi connectivity index (χ4n) is 2.74. The van der Waals surface area contributed by atoms with E-state index >= 15 is 0 Å². The SMILES string of the molecule is COCOc1cc(/C=C/C(=O)c2cc(OCOC)c(OCOC)c(OCOC)c2)ccc1OC. The van der Waals surface area contributed by atoms with Crippen molar-refractivity contribution in [2.24, 2.45) is 0 Å². The van der Waals surface area contributed by atoms with Crippen LogP contribution in [0.1, 0.15) is 15.9 Å². The molecule has 0 N–H and O–H groups in total. The molecule has 0 amide bonds. The van der Waals surface area contributed by atoms with Gasteiger partial charge in [0.25, 0.3) is 0 Å². The number of ketones is 1. The van der Waals surface area contributed by atoms with Crippen LogP contribution < -0.4 is 23.7 Å². The molecule has 0 aromatic heterocycles. The van der Waals surface area contributed by atoms with Gasteiger partial charge in [-0.3, -0.25) is 4.79 Å². The molecule has 0 saturated heterocycles. The Balaban J connectivity index is 2.35. The first-order valence-electron chi connectivity index (χ1n) is 10.1. The lowest BCUT2D eigenvalue weighted by atomic mass is 10.1. The summed E-state index contributed by atoms with van der Waals surface area (Å²) in [6.45, 7) is -0.105. The quantitative estimate of drug-likeness (QED) is 0.202. The number of carbonyl (C=O) groups is 1. The topological polar surface area (TPSA) is 100 Å². The minimum Gasteiger partial charge on any atom is -0.493 e. The summed E-state index contributed by atoms with van der Waals surface area (Å²) in [4.78, 5) is 13.0. The maximum absolute atomic E-state index is 13.0. The molecule has 34 heavy (non-hydrogen) atoms. The van der Waals surface area contributed by atoms with Gasteiger partial charge in [-0.15, -0.1) is 0 Å². The Morgan fingerprint density at radius 1 is 0.676 bits per heavy atom. The Labute approximate surface area is 198 Å². The van der Waals surface area contributed by atoms with Gasteiger partial charge in [0.15, 0.2) is 56.0 Å². The Bertz CT molecular complexity index is 912. The van der Waals surface area contributed by atoms with Crippen LogP contribution in [-0.4, -0.2) is 68.5 Å². The minimum absolute atomic E-state index is 0.0508. The molecule has 0 heterocycles. The van der Waals surface area contributed by atoms with Crippen LogP contribution >= 0.6 is 0 Å². The van der Waals surface area contributed by atoms with E-state index in [1.807, 2.05) is 0 Å². The predicted octanol–water partition coefficient (Wildman–Crippen LogP) is 3.52. The van der Waals surface area contributed by atoms with E-state index in [0.717, 1.165) is 5.56 Å². The van der Waals surface area contributed by atoms with Gasteiger partial charge in [-0.1, -0.05) is 12.1 Å². The van der Waals surface area contributed by atoms with E-state index in [4.69, 9.17) is 42.6 Å². The summed E-state index contributed by atoms with van der Waals surface area (Å²) < 4.78 is 47.5. The second-order valence-corrected chi connectivity index (χ2v) is 6.61. The summed E-state index contributed by atoms with van der Waals surface area (Å²) in [6.07, 6.45) is 3.08. The third-order valence-electron chi connectivity index (χ3n) is 4.24. The maximum atomic E-state index is 13.0. The Kier molecular flexibility index (Phi) is 11.7. The predicted molar refractivity (Wildman–Crippen MR) is 123 cm³/mol. The zero-order valence-corrected chi connectivity index (χ0v) is 20.0. The van der Waals surface area contributed by atoms with Crippen LogP contribution in [0.15, 0.2) is 36.4 Å². The van der Waals surface area contributed by atoms with Gasteiger partial charge < -0.3 is 42.6 Å². The minimum atomic E-state index is -0.294. The molecular formula is C24H30O10. The number of methoxy groups -OCH3 is 5. The zero-order valence-electron chi connectivity index (χ0n) is 20.0. The number of allylic oxidation sites excluding steroid dienone is 1. The molecule has 0 radical (unpaired) electrons. The molecule has 0 spiro atoms. The molecular weight excluding hydrogens is 448 g/mol. The van der Waals surface area contributed by atoms with Crippen molar-refractivity contribution in [1.82, 2.24) is 0 Å². The molecule has 0 fully saturated rings. The van der Waals surface area contributed by atoms with Gasteiger partial charge >= 0.3 is 0 Å². The Morgan fingerprint density at radius 3 is 1.74 bits per heavy atom. The molecule has 0 atom stereocenters. The first-order valence-corrected chi connectivity index (χ1v) is 10.1. The molecule has 0 aliphatic heterocycles.